The van der Waals surface area contributed by atoms with Crippen molar-refractivity contribution in [2.75, 3.05) is 26.3 Å². The quantitative estimate of drug-likeness (QED) is 0.691. The van der Waals surface area contributed by atoms with Crippen LogP contribution in [0.5, 0.6) is 0 Å². The Hall–Kier alpha value is -0.0800. The molecule has 1 atom stereocenters. The molecule has 1 heterocycles. The van der Waals surface area contributed by atoms with Gasteiger partial charge >= 0.3 is 0 Å². The van der Waals surface area contributed by atoms with Gasteiger partial charge in [-0.15, -0.1) is 0 Å². The van der Waals surface area contributed by atoms with Crippen LogP contribution in [-0.2, 0) is 4.74 Å². The largest absolute Gasteiger partial charge is 0.381 e. The average Bonchev–Trinajstić information content (AvgIpc) is 2.29. The molecule has 1 aliphatic rings. The molecule has 0 aromatic carbocycles. The fraction of sp³-hybridized carbons (Fsp3) is 1.00. The van der Waals surface area contributed by atoms with Gasteiger partial charge in [0.25, 0.3) is 0 Å². The van der Waals surface area contributed by atoms with Gasteiger partial charge in [-0.3, -0.25) is 0 Å². The van der Waals surface area contributed by atoms with E-state index in [9.17, 15) is 0 Å². The number of piperidine rings is 1. The Labute approximate surface area is 89.4 Å². The lowest BCUT2D eigenvalue weighted by molar-refractivity contribution is 0.0878. The van der Waals surface area contributed by atoms with Crippen LogP contribution in [0.15, 0.2) is 0 Å². The maximum absolute atomic E-state index is 5.57. The summed E-state index contributed by atoms with van der Waals surface area (Å²) in [5.41, 5.74) is 0. The molecule has 0 saturated carbocycles. The second-order valence-corrected chi connectivity index (χ2v) is 3.64. The van der Waals surface area contributed by atoms with Crippen molar-refractivity contribution in [3.63, 3.8) is 0 Å². The summed E-state index contributed by atoms with van der Waals surface area (Å²) in [7, 11) is 0. The van der Waals surface area contributed by atoms with Gasteiger partial charge in [0.05, 0.1) is 6.61 Å². The first kappa shape index (κ1) is 13.9. The predicted octanol–water partition coefficient (Wildman–Crippen LogP) is 2.83. The highest BCUT2D eigenvalue weighted by Crippen LogP contribution is 2.09. The topological polar surface area (TPSA) is 21.3 Å². The lowest BCUT2D eigenvalue weighted by atomic mass is 10.0. The molecule has 0 bridgehead atoms. The lowest BCUT2D eigenvalue weighted by Gasteiger charge is -2.22. The highest BCUT2D eigenvalue weighted by atomic mass is 16.5. The SMILES string of the molecule is CC.CCCCOC[C@H]1CCCNC1. The molecule has 1 rings (SSSR count). The Morgan fingerprint density at radius 1 is 1.36 bits per heavy atom. The van der Waals surface area contributed by atoms with Gasteiger partial charge in [-0.05, 0) is 31.7 Å². The summed E-state index contributed by atoms with van der Waals surface area (Å²) in [5.74, 6) is 0.774. The standard InChI is InChI=1S/C10H21NO.C2H6/c1-2-3-7-12-9-10-5-4-6-11-8-10;1-2/h10-11H,2-9H2,1H3;1-2H3/t10-;/m0./s1. The van der Waals surface area contributed by atoms with Crippen LogP contribution in [0.2, 0.25) is 0 Å². The molecule has 0 amide bonds. The van der Waals surface area contributed by atoms with E-state index >= 15 is 0 Å². The van der Waals surface area contributed by atoms with Crippen molar-refractivity contribution in [3.8, 4) is 0 Å². The summed E-state index contributed by atoms with van der Waals surface area (Å²) < 4.78 is 5.57. The van der Waals surface area contributed by atoms with E-state index in [0.717, 1.165) is 25.7 Å². The summed E-state index contributed by atoms with van der Waals surface area (Å²) in [6.45, 7) is 10.5. The highest BCUT2D eigenvalue weighted by molar-refractivity contribution is 4.67. The van der Waals surface area contributed by atoms with E-state index in [2.05, 4.69) is 12.2 Å². The van der Waals surface area contributed by atoms with Gasteiger partial charge in [0.2, 0.25) is 0 Å². The molecule has 14 heavy (non-hydrogen) atoms. The minimum absolute atomic E-state index is 0.774. The fourth-order valence-corrected chi connectivity index (χ4v) is 1.56. The molecule has 0 aliphatic carbocycles. The van der Waals surface area contributed by atoms with Crippen LogP contribution in [-0.4, -0.2) is 26.3 Å². The first-order chi connectivity index (χ1) is 6.93. The molecule has 0 aromatic rings. The van der Waals surface area contributed by atoms with Crippen molar-refractivity contribution in [2.45, 2.75) is 46.5 Å². The predicted molar refractivity (Wildman–Crippen MR) is 62.7 cm³/mol. The first-order valence-corrected chi connectivity index (χ1v) is 6.22. The van der Waals surface area contributed by atoms with Gasteiger partial charge in [-0.2, -0.15) is 0 Å². The Morgan fingerprint density at radius 2 is 2.14 bits per heavy atom. The van der Waals surface area contributed by atoms with Gasteiger partial charge in [0.15, 0.2) is 0 Å². The van der Waals surface area contributed by atoms with Crippen molar-refractivity contribution in [1.82, 2.24) is 5.32 Å². The number of hydrogen-bond donors (Lipinski definition) is 1. The monoisotopic (exact) mass is 201 g/mol. The zero-order valence-electron chi connectivity index (χ0n) is 10.1. The Morgan fingerprint density at radius 3 is 2.71 bits per heavy atom. The molecule has 2 heteroatoms. The molecule has 1 N–H and O–H groups in total. The van der Waals surface area contributed by atoms with Gasteiger partial charge in [-0.1, -0.05) is 27.2 Å². The Balaban J connectivity index is 0.000000791. The number of nitrogens with one attached hydrogen (secondary N) is 1. The van der Waals surface area contributed by atoms with Crippen LogP contribution in [0, 0.1) is 5.92 Å². The molecule has 0 unspecified atom stereocenters. The lowest BCUT2D eigenvalue weighted by Crippen LogP contribution is -2.32. The summed E-state index contributed by atoms with van der Waals surface area (Å²) in [6.07, 6.45) is 5.12. The Kier molecular flexibility index (Phi) is 10.9. The van der Waals surface area contributed by atoms with Crippen molar-refractivity contribution >= 4 is 0 Å². The number of rotatable bonds is 5. The summed E-state index contributed by atoms with van der Waals surface area (Å²) >= 11 is 0. The van der Waals surface area contributed by atoms with E-state index < -0.39 is 0 Å². The summed E-state index contributed by atoms with van der Waals surface area (Å²) in [5, 5.41) is 3.40. The number of ether oxygens (including phenoxy) is 1. The molecule has 0 aromatic heterocycles. The average molecular weight is 201 g/mol. The third-order valence-electron chi connectivity index (χ3n) is 2.39. The van der Waals surface area contributed by atoms with E-state index in [1.54, 1.807) is 0 Å². The molecular weight excluding hydrogens is 174 g/mol. The van der Waals surface area contributed by atoms with Crippen molar-refractivity contribution in [2.24, 2.45) is 5.92 Å². The second kappa shape index (κ2) is 11.0. The van der Waals surface area contributed by atoms with Crippen molar-refractivity contribution in [1.29, 1.82) is 0 Å². The van der Waals surface area contributed by atoms with Gasteiger partial charge in [0, 0.05) is 13.2 Å². The zero-order chi connectivity index (χ0) is 10.6. The molecular formula is C12H27NO. The van der Waals surface area contributed by atoms with Crippen LogP contribution in [0.3, 0.4) is 0 Å². The maximum atomic E-state index is 5.57. The summed E-state index contributed by atoms with van der Waals surface area (Å²) in [6, 6.07) is 0. The summed E-state index contributed by atoms with van der Waals surface area (Å²) in [4.78, 5) is 0. The molecule has 0 spiro atoms. The van der Waals surface area contributed by atoms with Crippen LogP contribution < -0.4 is 5.32 Å². The van der Waals surface area contributed by atoms with Crippen LogP contribution in [0.25, 0.3) is 0 Å². The third-order valence-corrected chi connectivity index (χ3v) is 2.39. The van der Waals surface area contributed by atoms with Gasteiger partial charge in [-0.25, -0.2) is 0 Å². The van der Waals surface area contributed by atoms with E-state index in [4.69, 9.17) is 4.74 Å². The van der Waals surface area contributed by atoms with E-state index in [1.807, 2.05) is 13.8 Å². The molecule has 86 valence electrons. The zero-order valence-corrected chi connectivity index (χ0v) is 10.1. The first-order valence-electron chi connectivity index (χ1n) is 6.22. The van der Waals surface area contributed by atoms with E-state index in [-0.39, 0.29) is 0 Å². The molecule has 2 nitrogen and oxygen atoms in total. The molecule has 0 radical (unpaired) electrons. The molecule has 1 fully saturated rings. The normalized spacial score (nSPS) is 21.2. The smallest absolute Gasteiger partial charge is 0.0506 e. The van der Waals surface area contributed by atoms with E-state index in [0.29, 0.717) is 0 Å². The molecule has 1 saturated heterocycles. The van der Waals surface area contributed by atoms with Gasteiger partial charge in [0.1, 0.15) is 0 Å². The van der Waals surface area contributed by atoms with Crippen LogP contribution >= 0.6 is 0 Å². The van der Waals surface area contributed by atoms with Gasteiger partial charge < -0.3 is 10.1 Å². The maximum Gasteiger partial charge on any atom is 0.0506 e. The van der Waals surface area contributed by atoms with Crippen molar-refractivity contribution in [3.05, 3.63) is 0 Å². The van der Waals surface area contributed by atoms with E-state index in [1.165, 1.54) is 32.2 Å². The van der Waals surface area contributed by atoms with Crippen LogP contribution in [0.1, 0.15) is 46.5 Å². The highest BCUT2D eigenvalue weighted by Gasteiger charge is 2.12. The minimum Gasteiger partial charge on any atom is -0.381 e. The fourth-order valence-electron chi connectivity index (χ4n) is 1.56. The van der Waals surface area contributed by atoms with Crippen LogP contribution in [0.4, 0.5) is 0 Å². The molecule has 1 aliphatic heterocycles. The van der Waals surface area contributed by atoms with Crippen molar-refractivity contribution < 1.29 is 4.74 Å². The third kappa shape index (κ3) is 7.34. The number of unbranched alkanes of at least 4 members (excludes halogenated alkanes) is 1. The Bertz CT molecular complexity index is 100. The minimum atomic E-state index is 0.774. The number of hydrogen-bond acceptors (Lipinski definition) is 2. The second-order valence-electron chi connectivity index (χ2n) is 3.64.